The van der Waals surface area contributed by atoms with Crippen LogP contribution in [0.1, 0.15) is 67.2 Å². The van der Waals surface area contributed by atoms with Crippen molar-refractivity contribution in [3.05, 3.63) is 0 Å². The molecule has 0 aromatic carbocycles. The first-order valence-electron chi connectivity index (χ1n) is 9.90. The van der Waals surface area contributed by atoms with Gasteiger partial charge in [0.05, 0.1) is 6.10 Å². The molecule has 1 heterocycles. The van der Waals surface area contributed by atoms with Crippen molar-refractivity contribution in [1.29, 1.82) is 0 Å². The van der Waals surface area contributed by atoms with E-state index in [1.165, 1.54) is 0 Å². The van der Waals surface area contributed by atoms with Gasteiger partial charge in [0.15, 0.2) is 5.78 Å². The summed E-state index contributed by atoms with van der Waals surface area (Å²) in [6.45, 7) is 12.5. The minimum absolute atomic E-state index is 0.0904. The third kappa shape index (κ3) is 2.75. The Labute approximate surface area is 167 Å². The Balaban J connectivity index is 2.19. The molecular formula is C21H33IO4. The topological polar surface area (TPSA) is 63.6 Å². The number of carbonyl (C=O) groups is 2. The third-order valence-corrected chi connectivity index (χ3v) is 12.0. The molecule has 0 radical (unpaired) electrons. The fraction of sp³-hybridized carbons (Fsp3) is 0.857. The molecule has 2 saturated carbocycles. The Morgan fingerprint density at radius 3 is 2.62 bits per heavy atom. The molecular weight excluding hydrogens is 443 g/mol. The lowest BCUT2D eigenvalue weighted by Gasteiger charge is -2.61. The number of alkyl halides is 1. The Morgan fingerprint density at radius 1 is 1.35 bits per heavy atom. The van der Waals surface area contributed by atoms with Crippen molar-refractivity contribution >= 4 is 36.5 Å². The quantitative estimate of drug-likeness (QED) is 0.373. The van der Waals surface area contributed by atoms with E-state index in [1.54, 1.807) is 0 Å². The van der Waals surface area contributed by atoms with E-state index in [2.05, 4.69) is 34.6 Å². The number of ether oxygens (including phenoxy) is 1. The predicted molar refractivity (Wildman–Crippen MR) is 112 cm³/mol. The standard InChI is InChI=1S/C21H33IO4/c1-7-16(24)26-15-10-19(4,5)18(25)13(3)21-9-8-12(2)20(15,6)17(21)14(23)11-22-21/h11-13,15,17-18,25H,7-10H2,1-6H3/t12-,13+,15-,17?,18+,20+,21?/m1/s1. The summed E-state index contributed by atoms with van der Waals surface area (Å²) in [5.74, 6) is 0.313. The van der Waals surface area contributed by atoms with Gasteiger partial charge in [0.2, 0.25) is 0 Å². The molecule has 148 valence electrons. The molecule has 1 N–H and O–H groups in total. The van der Waals surface area contributed by atoms with Gasteiger partial charge in [-0.15, -0.1) is 20.7 Å². The fourth-order valence-corrected chi connectivity index (χ4v) is 9.95. The molecule has 1 aliphatic heterocycles. The summed E-state index contributed by atoms with van der Waals surface area (Å²) in [6, 6.07) is 0. The van der Waals surface area contributed by atoms with E-state index in [9.17, 15) is 14.7 Å². The Morgan fingerprint density at radius 2 is 2.00 bits per heavy atom. The summed E-state index contributed by atoms with van der Waals surface area (Å²) in [5, 5.41) is 11.3. The van der Waals surface area contributed by atoms with Crippen LogP contribution in [0.3, 0.4) is 0 Å². The van der Waals surface area contributed by atoms with E-state index >= 15 is 0 Å². The Kier molecular flexibility index (Phi) is 5.22. The van der Waals surface area contributed by atoms with Crippen molar-refractivity contribution in [2.45, 2.75) is 82.9 Å². The van der Waals surface area contributed by atoms with Crippen molar-refractivity contribution in [1.82, 2.24) is 0 Å². The van der Waals surface area contributed by atoms with Crippen molar-refractivity contribution in [3.63, 3.8) is 0 Å². The van der Waals surface area contributed by atoms with Gasteiger partial charge in [0.1, 0.15) is 6.10 Å². The van der Waals surface area contributed by atoms with Crippen LogP contribution in [0.4, 0.5) is 0 Å². The summed E-state index contributed by atoms with van der Waals surface area (Å²) in [5.41, 5.74) is -0.720. The summed E-state index contributed by atoms with van der Waals surface area (Å²) < 4.78 is 7.86. The Bertz CT molecular complexity index is 642. The van der Waals surface area contributed by atoms with Gasteiger partial charge >= 0.3 is 5.97 Å². The van der Waals surface area contributed by atoms with Gasteiger partial charge in [-0.3, -0.25) is 9.59 Å². The van der Waals surface area contributed by atoms with Crippen molar-refractivity contribution in [2.24, 2.45) is 28.6 Å². The van der Waals surface area contributed by atoms with Gasteiger partial charge in [-0.1, -0.05) is 41.5 Å². The minimum Gasteiger partial charge on any atom is -0.462 e. The summed E-state index contributed by atoms with van der Waals surface area (Å²) in [6.07, 6.45) is 2.15. The molecule has 2 unspecified atom stereocenters. The minimum atomic E-state index is -0.496. The zero-order valence-corrected chi connectivity index (χ0v) is 19.0. The second-order valence-electron chi connectivity index (χ2n) is 9.54. The number of rotatable bonds is 2. The molecule has 5 heteroatoms. The molecule has 2 aliphatic carbocycles. The van der Waals surface area contributed by atoms with Crippen LogP contribution in [0, 0.1) is 28.6 Å². The van der Waals surface area contributed by atoms with Crippen LogP contribution in [0.15, 0.2) is 0 Å². The lowest BCUT2D eigenvalue weighted by atomic mass is 9.48. The number of ketones is 1. The molecule has 2 bridgehead atoms. The van der Waals surface area contributed by atoms with Crippen LogP contribution in [-0.2, 0) is 14.3 Å². The summed E-state index contributed by atoms with van der Waals surface area (Å²) in [4.78, 5) is 25.3. The van der Waals surface area contributed by atoms with Crippen molar-refractivity contribution in [3.8, 4) is 0 Å². The SMILES string of the molecule is CCC(=O)O[C@@H]1CC(C)(C)[C@@H](O)[C@H](C)C23CC[C@@H](C)[C@]1(C)C2C(=O)C=I3. The van der Waals surface area contributed by atoms with Crippen molar-refractivity contribution < 1.29 is 19.4 Å². The number of carbonyl (C=O) groups excluding carboxylic acids is 2. The third-order valence-electron chi connectivity index (χ3n) is 7.77. The van der Waals surface area contributed by atoms with Crippen LogP contribution in [0.5, 0.6) is 0 Å². The maximum atomic E-state index is 13.1. The molecule has 26 heavy (non-hydrogen) atoms. The van der Waals surface area contributed by atoms with Crippen LogP contribution in [-0.4, -0.2) is 36.5 Å². The highest BCUT2D eigenvalue weighted by Crippen LogP contribution is 2.66. The van der Waals surface area contributed by atoms with E-state index < -0.39 is 26.8 Å². The number of hydrogen-bond donors (Lipinski definition) is 1. The van der Waals surface area contributed by atoms with Crippen molar-refractivity contribution in [2.75, 3.05) is 0 Å². The number of aliphatic hydroxyl groups excluding tert-OH is 1. The van der Waals surface area contributed by atoms with Crippen LogP contribution >= 0.6 is 20.7 Å². The summed E-state index contributed by atoms with van der Waals surface area (Å²) in [7, 11) is 0. The first-order valence-corrected chi connectivity index (χ1v) is 12.2. The van der Waals surface area contributed by atoms with Gasteiger partial charge in [0, 0.05) is 25.2 Å². The number of hydrogen-bond acceptors (Lipinski definition) is 4. The molecule has 7 atom stereocenters. The molecule has 0 aromatic rings. The first kappa shape index (κ1) is 20.4. The number of halogens is 1. The van der Waals surface area contributed by atoms with Gasteiger partial charge in [-0.05, 0) is 36.5 Å². The van der Waals surface area contributed by atoms with E-state index in [4.69, 9.17) is 4.74 Å². The normalized spacial score (nSPS) is 47.3. The van der Waals surface area contributed by atoms with Gasteiger partial charge in [-0.2, -0.15) is 0 Å². The molecule has 4 nitrogen and oxygen atoms in total. The van der Waals surface area contributed by atoms with E-state index in [0.29, 0.717) is 18.8 Å². The molecule has 0 saturated heterocycles. The fourth-order valence-electron chi connectivity index (χ4n) is 5.84. The van der Waals surface area contributed by atoms with E-state index in [0.717, 1.165) is 12.8 Å². The van der Waals surface area contributed by atoms with Gasteiger partial charge in [-0.25, -0.2) is 0 Å². The monoisotopic (exact) mass is 476 g/mol. The second-order valence-corrected chi connectivity index (χ2v) is 12.8. The molecule has 0 spiro atoms. The van der Waals surface area contributed by atoms with Crippen LogP contribution < -0.4 is 0 Å². The highest BCUT2D eigenvalue weighted by atomic mass is 127. The molecule has 3 aliphatic rings. The average molecular weight is 476 g/mol. The zero-order chi connectivity index (χ0) is 19.5. The smallest absolute Gasteiger partial charge is 0.305 e. The largest absolute Gasteiger partial charge is 0.462 e. The Hall–Kier alpha value is -0.300. The molecule has 2 fully saturated rings. The van der Waals surface area contributed by atoms with E-state index in [1.807, 2.05) is 10.9 Å². The maximum Gasteiger partial charge on any atom is 0.305 e. The lowest BCUT2D eigenvalue weighted by molar-refractivity contribution is -0.187. The predicted octanol–water partition coefficient (Wildman–Crippen LogP) is 3.88. The number of esters is 1. The highest BCUT2D eigenvalue weighted by molar-refractivity contribution is 14.2. The molecule has 3 rings (SSSR count). The van der Waals surface area contributed by atoms with Gasteiger partial charge < -0.3 is 9.84 Å². The zero-order valence-electron chi connectivity index (χ0n) is 16.8. The van der Waals surface area contributed by atoms with Gasteiger partial charge in [0.25, 0.3) is 0 Å². The van der Waals surface area contributed by atoms with Crippen LogP contribution in [0.25, 0.3) is 0 Å². The number of aliphatic hydroxyl groups is 1. The average Bonchev–Trinajstić information content (AvgIpc) is 2.94. The van der Waals surface area contributed by atoms with Crippen LogP contribution in [0.2, 0.25) is 0 Å². The molecule has 0 amide bonds. The number of Topliss-reactive ketones (excluding diaryl/α,β-unsaturated/α-hetero) is 1. The summed E-state index contributed by atoms with van der Waals surface area (Å²) >= 11 is -0.433. The second kappa shape index (κ2) is 6.64. The first-order chi connectivity index (χ1) is 12.0. The highest BCUT2D eigenvalue weighted by Gasteiger charge is 2.67. The lowest BCUT2D eigenvalue weighted by Crippen LogP contribution is -2.65. The molecule has 0 aromatic heterocycles. The van der Waals surface area contributed by atoms with E-state index in [-0.39, 0.29) is 43.9 Å². The maximum absolute atomic E-state index is 13.1.